The molecule has 0 bridgehead atoms. The van der Waals surface area contributed by atoms with Gasteiger partial charge in [-0.3, -0.25) is 0 Å². The molecular formula is C17H20ClN2O2+. The van der Waals surface area contributed by atoms with Gasteiger partial charge >= 0.3 is 0 Å². The monoisotopic (exact) mass is 319 g/mol. The Balaban J connectivity index is 2.13. The van der Waals surface area contributed by atoms with Crippen molar-refractivity contribution in [2.24, 2.45) is 0 Å². The number of benzene rings is 2. The second-order valence-electron chi connectivity index (χ2n) is 5.43. The van der Waals surface area contributed by atoms with E-state index in [9.17, 15) is 0 Å². The molecule has 1 aliphatic rings. The lowest BCUT2D eigenvalue weighted by Crippen LogP contribution is -2.87. The molecule has 1 heterocycles. The third-order valence-corrected chi connectivity index (χ3v) is 4.42. The van der Waals surface area contributed by atoms with E-state index in [4.69, 9.17) is 26.8 Å². The predicted molar refractivity (Wildman–Crippen MR) is 87.7 cm³/mol. The van der Waals surface area contributed by atoms with Crippen molar-refractivity contribution in [3.63, 3.8) is 0 Å². The van der Waals surface area contributed by atoms with E-state index in [1.54, 1.807) is 14.2 Å². The van der Waals surface area contributed by atoms with Gasteiger partial charge in [0.05, 0.1) is 20.8 Å². The van der Waals surface area contributed by atoms with E-state index in [-0.39, 0.29) is 6.04 Å². The van der Waals surface area contributed by atoms with E-state index < -0.39 is 0 Å². The Morgan fingerprint density at radius 1 is 1.09 bits per heavy atom. The predicted octanol–water partition coefficient (Wildman–Crippen LogP) is 2.15. The van der Waals surface area contributed by atoms with Crippen LogP contribution in [0.1, 0.15) is 22.7 Å². The number of methoxy groups -OCH3 is 2. The molecule has 0 aliphatic carbocycles. The summed E-state index contributed by atoms with van der Waals surface area (Å²) in [5, 5.41) is 2.99. The van der Waals surface area contributed by atoms with Gasteiger partial charge < -0.3 is 20.5 Å². The standard InChI is InChI=1S/C17H19ClN2O2/c1-21-15-7-10-5-6-20-17(12(10)9-16(15)22-2)13-8-11(18)3-4-14(13)19/h3-4,7-9,17,20H,5-6,19H2,1-2H3/p+1/t17-/m0/s1. The molecule has 3 rings (SSSR count). The molecule has 0 amide bonds. The number of quaternary nitrogens is 1. The summed E-state index contributed by atoms with van der Waals surface area (Å²) in [4.78, 5) is 0. The van der Waals surface area contributed by atoms with Crippen LogP contribution in [-0.2, 0) is 6.42 Å². The van der Waals surface area contributed by atoms with E-state index >= 15 is 0 Å². The summed E-state index contributed by atoms with van der Waals surface area (Å²) in [7, 11) is 3.31. The summed E-state index contributed by atoms with van der Waals surface area (Å²) in [5.74, 6) is 1.50. The second-order valence-corrected chi connectivity index (χ2v) is 5.87. The van der Waals surface area contributed by atoms with Gasteiger partial charge in [0.25, 0.3) is 0 Å². The normalized spacial score (nSPS) is 17.0. The lowest BCUT2D eigenvalue weighted by Gasteiger charge is -2.26. The third-order valence-electron chi connectivity index (χ3n) is 4.18. The molecular weight excluding hydrogens is 300 g/mol. The number of nitrogen functional groups attached to an aromatic ring is 1. The van der Waals surface area contributed by atoms with Crippen LogP contribution in [0.15, 0.2) is 30.3 Å². The molecule has 1 aliphatic heterocycles. The fourth-order valence-electron chi connectivity index (χ4n) is 3.08. The van der Waals surface area contributed by atoms with Gasteiger partial charge in [0.15, 0.2) is 11.5 Å². The summed E-state index contributed by atoms with van der Waals surface area (Å²) < 4.78 is 10.8. The van der Waals surface area contributed by atoms with Crippen molar-refractivity contribution >= 4 is 17.3 Å². The molecule has 4 N–H and O–H groups in total. The Morgan fingerprint density at radius 3 is 2.55 bits per heavy atom. The second kappa shape index (κ2) is 6.07. The fraction of sp³-hybridized carbons (Fsp3) is 0.294. The first-order chi connectivity index (χ1) is 10.6. The number of rotatable bonds is 3. The number of halogens is 1. The lowest BCUT2D eigenvalue weighted by molar-refractivity contribution is -0.689. The summed E-state index contributed by atoms with van der Waals surface area (Å²) in [5.41, 5.74) is 10.4. The van der Waals surface area contributed by atoms with Crippen molar-refractivity contribution in [3.05, 3.63) is 52.0 Å². The topological polar surface area (TPSA) is 61.1 Å². The van der Waals surface area contributed by atoms with E-state index in [0.717, 1.165) is 35.7 Å². The average Bonchev–Trinajstić information content (AvgIpc) is 2.55. The minimum Gasteiger partial charge on any atom is -0.493 e. The Morgan fingerprint density at radius 2 is 1.82 bits per heavy atom. The van der Waals surface area contributed by atoms with Gasteiger partial charge in [-0.25, -0.2) is 0 Å². The number of hydrogen-bond acceptors (Lipinski definition) is 3. The summed E-state index contributed by atoms with van der Waals surface area (Å²) >= 11 is 6.16. The first-order valence-electron chi connectivity index (χ1n) is 7.27. The molecule has 22 heavy (non-hydrogen) atoms. The zero-order valence-electron chi connectivity index (χ0n) is 12.7. The van der Waals surface area contributed by atoms with Crippen molar-refractivity contribution in [3.8, 4) is 11.5 Å². The van der Waals surface area contributed by atoms with E-state index in [0.29, 0.717) is 5.02 Å². The molecule has 0 radical (unpaired) electrons. The van der Waals surface area contributed by atoms with Crippen LogP contribution in [0.2, 0.25) is 5.02 Å². The van der Waals surface area contributed by atoms with Crippen LogP contribution in [0, 0.1) is 0 Å². The van der Waals surface area contributed by atoms with E-state index in [2.05, 4.69) is 17.4 Å². The van der Waals surface area contributed by atoms with Crippen molar-refractivity contribution in [2.75, 3.05) is 26.5 Å². The molecule has 4 nitrogen and oxygen atoms in total. The Labute approximate surface area is 135 Å². The van der Waals surface area contributed by atoms with Gasteiger partial charge in [-0.1, -0.05) is 11.6 Å². The van der Waals surface area contributed by atoms with Crippen LogP contribution in [0.25, 0.3) is 0 Å². The number of anilines is 1. The van der Waals surface area contributed by atoms with Crippen molar-refractivity contribution < 1.29 is 14.8 Å². The highest BCUT2D eigenvalue weighted by atomic mass is 35.5. The molecule has 0 aromatic heterocycles. The summed E-state index contributed by atoms with van der Waals surface area (Å²) in [6.07, 6.45) is 0.993. The summed E-state index contributed by atoms with van der Waals surface area (Å²) in [6, 6.07) is 9.87. The van der Waals surface area contributed by atoms with Crippen molar-refractivity contribution in [1.29, 1.82) is 0 Å². The minimum atomic E-state index is 0.127. The number of nitrogens with two attached hydrogens (primary N) is 2. The lowest BCUT2D eigenvalue weighted by atomic mass is 9.88. The van der Waals surface area contributed by atoms with Crippen LogP contribution in [0.4, 0.5) is 5.69 Å². The number of ether oxygens (including phenoxy) is 2. The largest absolute Gasteiger partial charge is 0.493 e. The molecule has 0 saturated carbocycles. The molecule has 5 heteroatoms. The highest BCUT2D eigenvalue weighted by Gasteiger charge is 2.28. The molecule has 2 aromatic rings. The quantitative estimate of drug-likeness (QED) is 0.852. The molecule has 1 atom stereocenters. The van der Waals surface area contributed by atoms with Gasteiger partial charge in [-0.15, -0.1) is 0 Å². The van der Waals surface area contributed by atoms with Gasteiger partial charge in [0, 0.05) is 28.3 Å². The molecule has 0 saturated heterocycles. The zero-order chi connectivity index (χ0) is 15.7. The van der Waals surface area contributed by atoms with Crippen LogP contribution in [0.5, 0.6) is 11.5 Å². The Kier molecular flexibility index (Phi) is 4.14. The first kappa shape index (κ1) is 15.0. The maximum Gasteiger partial charge on any atom is 0.161 e. The Bertz CT molecular complexity index is 703. The maximum atomic E-state index is 6.17. The van der Waals surface area contributed by atoms with Gasteiger partial charge in [0.1, 0.15) is 6.04 Å². The van der Waals surface area contributed by atoms with Crippen LogP contribution in [0.3, 0.4) is 0 Å². The minimum absolute atomic E-state index is 0.127. The van der Waals surface area contributed by atoms with Gasteiger partial charge in [-0.05, 0) is 35.9 Å². The maximum absolute atomic E-state index is 6.17. The van der Waals surface area contributed by atoms with Crippen molar-refractivity contribution in [2.45, 2.75) is 12.5 Å². The number of hydrogen-bond donors (Lipinski definition) is 2. The molecule has 0 fully saturated rings. The van der Waals surface area contributed by atoms with E-state index in [1.807, 2.05) is 18.2 Å². The summed E-state index contributed by atoms with van der Waals surface area (Å²) in [6.45, 7) is 0.999. The first-order valence-corrected chi connectivity index (χ1v) is 7.65. The van der Waals surface area contributed by atoms with Crippen LogP contribution in [-0.4, -0.2) is 20.8 Å². The van der Waals surface area contributed by atoms with Crippen LogP contribution < -0.4 is 20.5 Å². The number of fused-ring (bicyclic) bond motifs is 1. The highest BCUT2D eigenvalue weighted by molar-refractivity contribution is 6.30. The molecule has 116 valence electrons. The molecule has 0 unspecified atom stereocenters. The smallest absolute Gasteiger partial charge is 0.161 e. The SMILES string of the molecule is COc1cc2c(cc1OC)[C@@H](c1cc(Cl)ccc1N)[NH2+]CC2. The van der Waals surface area contributed by atoms with Crippen LogP contribution >= 0.6 is 11.6 Å². The Hall–Kier alpha value is -1.91. The fourth-order valence-corrected chi connectivity index (χ4v) is 3.27. The zero-order valence-corrected chi connectivity index (χ0v) is 13.5. The third kappa shape index (κ3) is 2.60. The van der Waals surface area contributed by atoms with Gasteiger partial charge in [0.2, 0.25) is 0 Å². The highest BCUT2D eigenvalue weighted by Crippen LogP contribution is 2.37. The van der Waals surface area contributed by atoms with E-state index in [1.165, 1.54) is 11.1 Å². The van der Waals surface area contributed by atoms with Crippen molar-refractivity contribution in [1.82, 2.24) is 0 Å². The average molecular weight is 320 g/mol. The van der Waals surface area contributed by atoms with Gasteiger partial charge in [-0.2, -0.15) is 0 Å². The molecule has 0 spiro atoms. The molecule has 2 aromatic carbocycles.